The molecular weight excluding hydrogens is 480 g/mol. The van der Waals surface area contributed by atoms with Gasteiger partial charge in [-0.3, -0.25) is 10.00 Å². The van der Waals surface area contributed by atoms with Crippen molar-refractivity contribution in [3.8, 4) is 0 Å². The molecule has 1 saturated carbocycles. The van der Waals surface area contributed by atoms with Crippen LogP contribution in [0.1, 0.15) is 35.2 Å². The van der Waals surface area contributed by atoms with Crippen LogP contribution in [0.25, 0.3) is 23.1 Å². The molecule has 7 rings (SSSR count). The van der Waals surface area contributed by atoms with Gasteiger partial charge in [0.1, 0.15) is 5.76 Å². The zero-order chi connectivity index (χ0) is 27.0. The lowest BCUT2D eigenvalue weighted by molar-refractivity contribution is 0.148. The number of aromatic amines is 1. The lowest BCUT2D eigenvalue weighted by atomic mass is 10.1. The minimum Gasteiger partial charge on any atom is -0.483 e. The number of hydrogen-bond donors (Lipinski definition) is 1. The van der Waals surface area contributed by atoms with E-state index in [1.165, 1.54) is 42.6 Å². The summed E-state index contributed by atoms with van der Waals surface area (Å²) in [6, 6.07) is 27.3. The van der Waals surface area contributed by atoms with E-state index < -0.39 is 0 Å². The summed E-state index contributed by atoms with van der Waals surface area (Å²) in [5.41, 5.74) is 5.96. The van der Waals surface area contributed by atoms with Crippen molar-refractivity contribution in [1.82, 2.24) is 20.0 Å². The molecule has 39 heavy (non-hydrogen) atoms. The number of epoxide rings is 1. The van der Waals surface area contributed by atoms with Crippen molar-refractivity contribution >= 4 is 23.1 Å². The molecule has 4 aromatic rings. The molecule has 2 saturated heterocycles. The van der Waals surface area contributed by atoms with E-state index in [2.05, 4.69) is 95.2 Å². The fraction of sp³-hybridized carbons (Fsp3) is 0.324. The second kappa shape index (κ2) is 12.9. The van der Waals surface area contributed by atoms with Gasteiger partial charge in [-0.05, 0) is 50.1 Å². The highest BCUT2D eigenvalue weighted by atomic mass is 16.6. The Labute approximate surface area is 232 Å². The summed E-state index contributed by atoms with van der Waals surface area (Å²) in [5, 5.41) is 8.62. The van der Waals surface area contributed by atoms with Crippen LogP contribution in [0.3, 0.4) is 0 Å². The summed E-state index contributed by atoms with van der Waals surface area (Å²) in [4.78, 5) is 4.92. The molecule has 202 valence electrons. The molecule has 1 aliphatic carbocycles. The Balaban J connectivity index is 0.000000177. The second-order valence-electron chi connectivity index (χ2n) is 10.8. The molecule has 0 amide bonds. The predicted molar refractivity (Wildman–Crippen MR) is 162 cm³/mol. The van der Waals surface area contributed by atoms with Gasteiger partial charge in [-0.2, -0.15) is 5.10 Å². The molecule has 3 aliphatic rings. The van der Waals surface area contributed by atoms with Crippen LogP contribution in [-0.4, -0.2) is 59.3 Å². The predicted octanol–water partition coefficient (Wildman–Crippen LogP) is 6.78. The Bertz CT molecular complexity index is 1360. The van der Waals surface area contributed by atoms with Crippen LogP contribution >= 0.6 is 0 Å². The SMILES string of the molecule is C=C1OC1C1CC1.CN1CCN(Cc2ccc(/C=C/c3n[nH]c4ccccc34)cc2)CC1.Cc1ccccc1. The second-order valence-corrected chi connectivity index (χ2v) is 10.8. The molecule has 3 aromatic carbocycles. The van der Waals surface area contributed by atoms with Crippen molar-refractivity contribution in [3.05, 3.63) is 114 Å². The van der Waals surface area contributed by atoms with E-state index in [0.29, 0.717) is 6.10 Å². The maximum atomic E-state index is 5.05. The number of fused-ring (bicyclic) bond motifs is 1. The molecule has 0 bridgehead atoms. The van der Waals surface area contributed by atoms with Crippen molar-refractivity contribution in [1.29, 1.82) is 0 Å². The summed E-state index contributed by atoms with van der Waals surface area (Å²) >= 11 is 0. The van der Waals surface area contributed by atoms with E-state index in [1.807, 2.05) is 36.4 Å². The number of benzene rings is 3. The molecule has 1 unspecified atom stereocenters. The van der Waals surface area contributed by atoms with Crippen LogP contribution in [0, 0.1) is 12.8 Å². The Morgan fingerprint density at radius 3 is 2.15 bits per heavy atom. The van der Waals surface area contributed by atoms with Crippen molar-refractivity contribution in [2.24, 2.45) is 5.92 Å². The van der Waals surface area contributed by atoms with Gasteiger partial charge in [-0.15, -0.1) is 0 Å². The fourth-order valence-corrected chi connectivity index (χ4v) is 4.71. The minimum absolute atomic E-state index is 0.486. The van der Waals surface area contributed by atoms with Crippen molar-refractivity contribution in [2.75, 3.05) is 33.2 Å². The number of rotatable bonds is 5. The fourth-order valence-electron chi connectivity index (χ4n) is 4.71. The summed E-state index contributed by atoms with van der Waals surface area (Å²) in [5.74, 6) is 1.88. The number of aryl methyl sites for hydroxylation is 1. The first kappa shape index (κ1) is 26.9. The Morgan fingerprint density at radius 1 is 0.897 bits per heavy atom. The van der Waals surface area contributed by atoms with Crippen LogP contribution in [0.2, 0.25) is 0 Å². The first-order chi connectivity index (χ1) is 19.0. The molecule has 1 atom stereocenters. The third-order valence-corrected chi connectivity index (χ3v) is 7.44. The smallest absolute Gasteiger partial charge is 0.157 e. The molecule has 2 aliphatic heterocycles. The molecule has 0 spiro atoms. The van der Waals surface area contributed by atoms with Gasteiger partial charge < -0.3 is 9.64 Å². The van der Waals surface area contributed by atoms with Gasteiger partial charge in [-0.1, -0.05) is 91.0 Å². The van der Waals surface area contributed by atoms with E-state index in [9.17, 15) is 0 Å². The van der Waals surface area contributed by atoms with E-state index in [0.717, 1.165) is 47.9 Å². The van der Waals surface area contributed by atoms with Crippen LogP contribution in [0.4, 0.5) is 0 Å². The number of H-pyrrole nitrogens is 1. The molecule has 5 nitrogen and oxygen atoms in total. The zero-order valence-electron chi connectivity index (χ0n) is 23.2. The highest BCUT2D eigenvalue weighted by molar-refractivity contribution is 5.89. The molecule has 5 heteroatoms. The maximum Gasteiger partial charge on any atom is 0.157 e. The first-order valence-electron chi connectivity index (χ1n) is 14.0. The molecule has 1 N–H and O–H groups in total. The minimum atomic E-state index is 0.486. The van der Waals surface area contributed by atoms with Gasteiger partial charge in [0.2, 0.25) is 0 Å². The Kier molecular flexibility index (Phi) is 8.92. The molecule has 0 radical (unpaired) electrons. The number of piperazine rings is 1. The van der Waals surface area contributed by atoms with Crippen LogP contribution in [-0.2, 0) is 11.3 Å². The molecule has 1 aromatic heterocycles. The third kappa shape index (κ3) is 8.16. The molecule has 3 fully saturated rings. The van der Waals surface area contributed by atoms with Crippen LogP contribution in [0.15, 0.2) is 91.2 Å². The lowest BCUT2D eigenvalue weighted by Crippen LogP contribution is -2.43. The van der Waals surface area contributed by atoms with Gasteiger partial charge in [0.25, 0.3) is 0 Å². The van der Waals surface area contributed by atoms with Crippen LogP contribution in [0.5, 0.6) is 0 Å². The number of para-hydroxylation sites is 1. The van der Waals surface area contributed by atoms with Gasteiger partial charge in [0, 0.05) is 44.0 Å². The summed E-state index contributed by atoms with van der Waals surface area (Å²) in [6.45, 7) is 11.5. The van der Waals surface area contributed by atoms with Crippen molar-refractivity contribution in [2.45, 2.75) is 32.4 Å². The average molecular weight is 521 g/mol. The summed E-state index contributed by atoms with van der Waals surface area (Å²) < 4.78 is 5.05. The van der Waals surface area contributed by atoms with E-state index >= 15 is 0 Å². The topological polar surface area (TPSA) is 47.7 Å². The molecular formula is C34H40N4O. The number of likely N-dealkylation sites (N-methyl/N-ethyl adjacent to an activating group) is 1. The highest BCUT2D eigenvalue weighted by Gasteiger charge is 2.44. The Hall–Kier alpha value is -3.67. The quantitative estimate of drug-likeness (QED) is 0.295. The monoisotopic (exact) mass is 520 g/mol. The normalized spacial score (nSPS) is 19.1. The molecule has 3 heterocycles. The van der Waals surface area contributed by atoms with E-state index in [4.69, 9.17) is 4.74 Å². The number of nitrogens with zero attached hydrogens (tertiary/aromatic N) is 3. The third-order valence-electron chi connectivity index (χ3n) is 7.44. The standard InChI is InChI=1S/C21H24N4.C7H8.C6H8O/c1-24-12-14-25(15-13-24)16-18-8-6-17(7-9-18)10-11-21-19-4-2-3-5-20(19)22-23-21;1-7-5-3-2-4-6-7;1-4-6(7-4)5-2-3-5/h2-11H,12-16H2,1H3,(H,22,23);2-6H,1H3;5-6H,1-3H2/b11-10+;;. The van der Waals surface area contributed by atoms with E-state index in [-0.39, 0.29) is 0 Å². The summed E-state index contributed by atoms with van der Waals surface area (Å²) in [6.07, 6.45) is 7.42. The van der Waals surface area contributed by atoms with Gasteiger partial charge in [0.05, 0.1) is 11.2 Å². The van der Waals surface area contributed by atoms with Gasteiger partial charge >= 0.3 is 0 Å². The number of nitrogens with one attached hydrogen (secondary N) is 1. The van der Waals surface area contributed by atoms with Crippen molar-refractivity contribution < 1.29 is 4.74 Å². The van der Waals surface area contributed by atoms with Gasteiger partial charge in [0.15, 0.2) is 6.10 Å². The number of ether oxygens (including phenoxy) is 1. The average Bonchev–Trinajstić information content (AvgIpc) is 3.89. The van der Waals surface area contributed by atoms with E-state index in [1.54, 1.807) is 0 Å². The highest BCUT2D eigenvalue weighted by Crippen LogP contribution is 2.45. The van der Waals surface area contributed by atoms with Crippen LogP contribution < -0.4 is 0 Å². The number of aromatic nitrogens is 2. The van der Waals surface area contributed by atoms with Crippen molar-refractivity contribution in [3.63, 3.8) is 0 Å². The first-order valence-corrected chi connectivity index (χ1v) is 14.0. The lowest BCUT2D eigenvalue weighted by Gasteiger charge is -2.32. The summed E-state index contributed by atoms with van der Waals surface area (Å²) in [7, 11) is 2.20. The van der Waals surface area contributed by atoms with Gasteiger partial charge in [-0.25, -0.2) is 0 Å². The largest absolute Gasteiger partial charge is 0.483 e. The Morgan fingerprint density at radius 2 is 1.56 bits per heavy atom. The number of hydrogen-bond acceptors (Lipinski definition) is 4. The zero-order valence-corrected chi connectivity index (χ0v) is 23.2. The maximum absolute atomic E-state index is 5.05.